The molecule has 3 heterocycles. The molecule has 0 spiro atoms. The minimum atomic E-state index is -0.198. The van der Waals surface area contributed by atoms with Crippen LogP contribution in [0.4, 0.5) is 4.39 Å². The third-order valence-corrected chi connectivity index (χ3v) is 5.11. The molecule has 2 aliphatic heterocycles. The Hall–Kier alpha value is -2.25. The van der Waals surface area contributed by atoms with Gasteiger partial charge >= 0.3 is 5.91 Å². The highest BCUT2D eigenvalue weighted by atomic mass is 19.1. The van der Waals surface area contributed by atoms with Gasteiger partial charge in [-0.2, -0.15) is 0 Å². The molecule has 1 fully saturated rings. The number of benzene rings is 1. The number of aromatic nitrogens is 1. The van der Waals surface area contributed by atoms with Crippen molar-refractivity contribution < 1.29 is 18.3 Å². The lowest BCUT2D eigenvalue weighted by atomic mass is 10.1. The van der Waals surface area contributed by atoms with Crippen LogP contribution in [-0.4, -0.2) is 53.5 Å². The first-order chi connectivity index (χ1) is 12.6. The first-order valence-electron chi connectivity index (χ1n) is 8.90. The Kier molecular flexibility index (Phi) is 4.74. The minimum Gasteiger partial charge on any atom is -0.437 e. The number of hydrogen-bond donors (Lipinski definition) is 0. The van der Waals surface area contributed by atoms with E-state index in [4.69, 9.17) is 9.15 Å². The summed E-state index contributed by atoms with van der Waals surface area (Å²) >= 11 is 0. The minimum absolute atomic E-state index is 0.0831. The number of nitrogens with zero attached hydrogens (tertiary/aromatic N) is 3. The third-order valence-electron chi connectivity index (χ3n) is 5.11. The standard InChI is InChI=1S/C19H22FN3O3/c1-25-14-6-9-23(11-14)19(24)18-21-16-12-22(8-7-17(16)26-18)10-13-4-2-3-5-15(13)20/h2-5,14H,6-12H2,1H3/t14-/m1/s1. The molecule has 1 aromatic heterocycles. The molecular formula is C19H22FN3O3. The Morgan fingerprint density at radius 2 is 2.23 bits per heavy atom. The van der Waals surface area contributed by atoms with Gasteiger partial charge in [0.1, 0.15) is 11.6 Å². The molecular weight excluding hydrogens is 337 g/mol. The number of carbonyl (C=O) groups excluding carboxylic acids is 1. The van der Waals surface area contributed by atoms with Crippen molar-refractivity contribution in [3.8, 4) is 0 Å². The van der Waals surface area contributed by atoms with Crippen LogP contribution in [0, 0.1) is 5.82 Å². The summed E-state index contributed by atoms with van der Waals surface area (Å²) in [4.78, 5) is 20.9. The van der Waals surface area contributed by atoms with Crippen molar-refractivity contribution in [1.29, 1.82) is 0 Å². The van der Waals surface area contributed by atoms with Crippen molar-refractivity contribution in [2.45, 2.75) is 32.0 Å². The predicted octanol–water partition coefficient (Wildman–Crippen LogP) is 2.23. The van der Waals surface area contributed by atoms with Crippen molar-refractivity contribution in [1.82, 2.24) is 14.8 Å². The maximum Gasteiger partial charge on any atom is 0.309 e. The van der Waals surface area contributed by atoms with Crippen LogP contribution >= 0.6 is 0 Å². The first kappa shape index (κ1) is 17.2. The predicted molar refractivity (Wildman–Crippen MR) is 92.0 cm³/mol. The smallest absolute Gasteiger partial charge is 0.309 e. The van der Waals surface area contributed by atoms with Gasteiger partial charge in [0.2, 0.25) is 0 Å². The molecule has 1 saturated heterocycles. The Labute approximate surface area is 151 Å². The highest BCUT2D eigenvalue weighted by Gasteiger charge is 2.31. The second-order valence-electron chi connectivity index (χ2n) is 6.84. The van der Waals surface area contributed by atoms with Crippen LogP contribution < -0.4 is 0 Å². The van der Waals surface area contributed by atoms with Crippen molar-refractivity contribution in [3.63, 3.8) is 0 Å². The summed E-state index contributed by atoms with van der Waals surface area (Å²) in [6.45, 7) is 3.05. The first-order valence-corrected chi connectivity index (χ1v) is 8.90. The summed E-state index contributed by atoms with van der Waals surface area (Å²) in [5.41, 5.74) is 1.44. The summed E-state index contributed by atoms with van der Waals surface area (Å²) in [5.74, 6) is 0.538. The molecule has 1 atom stereocenters. The van der Waals surface area contributed by atoms with E-state index in [9.17, 15) is 9.18 Å². The van der Waals surface area contributed by atoms with E-state index >= 15 is 0 Å². The van der Waals surface area contributed by atoms with Crippen molar-refractivity contribution in [2.24, 2.45) is 0 Å². The average molecular weight is 359 g/mol. The number of halogens is 1. The normalized spacial score (nSPS) is 20.4. The second kappa shape index (κ2) is 7.17. The summed E-state index contributed by atoms with van der Waals surface area (Å²) in [6, 6.07) is 6.79. The quantitative estimate of drug-likeness (QED) is 0.838. The number of fused-ring (bicyclic) bond motifs is 1. The van der Waals surface area contributed by atoms with Gasteiger partial charge in [-0.3, -0.25) is 9.69 Å². The molecule has 138 valence electrons. The number of carbonyl (C=O) groups is 1. The number of ether oxygens (including phenoxy) is 1. The maximum atomic E-state index is 13.9. The van der Waals surface area contributed by atoms with Crippen LogP contribution in [0.3, 0.4) is 0 Å². The lowest BCUT2D eigenvalue weighted by molar-refractivity contribution is 0.0687. The van der Waals surface area contributed by atoms with Gasteiger partial charge in [0.15, 0.2) is 0 Å². The number of oxazole rings is 1. The van der Waals surface area contributed by atoms with Crippen LogP contribution in [0.5, 0.6) is 0 Å². The Balaban J connectivity index is 1.44. The van der Waals surface area contributed by atoms with Gasteiger partial charge in [0, 0.05) is 51.8 Å². The van der Waals surface area contributed by atoms with E-state index in [-0.39, 0.29) is 23.7 Å². The molecule has 4 rings (SSSR count). The zero-order chi connectivity index (χ0) is 18.1. The lowest BCUT2D eigenvalue weighted by Gasteiger charge is -2.25. The molecule has 6 nitrogen and oxygen atoms in total. The zero-order valence-corrected chi connectivity index (χ0v) is 14.8. The Morgan fingerprint density at radius 1 is 1.38 bits per heavy atom. The highest BCUT2D eigenvalue weighted by Crippen LogP contribution is 2.23. The molecule has 26 heavy (non-hydrogen) atoms. The molecule has 0 N–H and O–H groups in total. The van der Waals surface area contributed by atoms with Gasteiger partial charge < -0.3 is 14.1 Å². The van der Waals surface area contributed by atoms with E-state index in [1.807, 2.05) is 6.07 Å². The Bertz CT molecular complexity index is 807. The largest absolute Gasteiger partial charge is 0.437 e. The number of methoxy groups -OCH3 is 1. The van der Waals surface area contributed by atoms with Crippen LogP contribution in [-0.2, 0) is 24.2 Å². The van der Waals surface area contributed by atoms with Gasteiger partial charge in [0.25, 0.3) is 5.89 Å². The van der Waals surface area contributed by atoms with Crippen molar-refractivity contribution in [3.05, 3.63) is 53.0 Å². The maximum absolute atomic E-state index is 13.9. The SMILES string of the molecule is CO[C@@H]1CCN(C(=O)c2nc3c(o2)CCN(Cc2ccccc2F)C3)C1. The molecule has 1 amide bonds. The molecule has 0 unspecified atom stereocenters. The number of likely N-dealkylation sites (tertiary alicyclic amines) is 1. The molecule has 0 saturated carbocycles. The van der Waals surface area contributed by atoms with Crippen LogP contribution in [0.25, 0.3) is 0 Å². The van der Waals surface area contributed by atoms with Crippen molar-refractivity contribution in [2.75, 3.05) is 26.7 Å². The van der Waals surface area contributed by atoms with E-state index < -0.39 is 0 Å². The molecule has 1 aromatic carbocycles. The third kappa shape index (κ3) is 3.37. The summed E-state index contributed by atoms with van der Waals surface area (Å²) in [5, 5.41) is 0. The van der Waals surface area contributed by atoms with Gasteiger partial charge in [0.05, 0.1) is 11.8 Å². The van der Waals surface area contributed by atoms with Gasteiger partial charge in [-0.25, -0.2) is 9.37 Å². The van der Waals surface area contributed by atoms with E-state index in [0.29, 0.717) is 38.2 Å². The van der Waals surface area contributed by atoms with Gasteiger partial charge in [-0.15, -0.1) is 0 Å². The fourth-order valence-electron chi connectivity index (χ4n) is 3.59. The number of rotatable bonds is 4. The monoisotopic (exact) mass is 359 g/mol. The fraction of sp³-hybridized carbons (Fsp3) is 0.474. The summed E-state index contributed by atoms with van der Waals surface area (Å²) in [6.07, 6.45) is 1.59. The van der Waals surface area contributed by atoms with Gasteiger partial charge in [-0.05, 0) is 12.5 Å². The zero-order valence-electron chi connectivity index (χ0n) is 14.8. The second-order valence-corrected chi connectivity index (χ2v) is 6.84. The van der Waals surface area contributed by atoms with Crippen LogP contribution in [0.1, 0.15) is 34.1 Å². The molecule has 0 radical (unpaired) electrons. The molecule has 0 aliphatic carbocycles. The summed E-state index contributed by atoms with van der Waals surface area (Å²) in [7, 11) is 1.66. The van der Waals surface area contributed by atoms with E-state index in [2.05, 4.69) is 9.88 Å². The topological polar surface area (TPSA) is 58.8 Å². The molecule has 0 bridgehead atoms. The van der Waals surface area contributed by atoms with Crippen LogP contribution in [0.2, 0.25) is 0 Å². The Morgan fingerprint density at radius 3 is 3.00 bits per heavy atom. The summed E-state index contributed by atoms with van der Waals surface area (Å²) < 4.78 is 24.9. The average Bonchev–Trinajstić information content (AvgIpc) is 3.29. The number of hydrogen-bond acceptors (Lipinski definition) is 5. The van der Waals surface area contributed by atoms with Crippen molar-refractivity contribution >= 4 is 5.91 Å². The lowest BCUT2D eigenvalue weighted by Crippen LogP contribution is -2.30. The van der Waals surface area contributed by atoms with E-state index in [1.165, 1.54) is 6.07 Å². The number of amides is 1. The fourth-order valence-corrected chi connectivity index (χ4v) is 3.59. The highest BCUT2D eigenvalue weighted by molar-refractivity contribution is 5.90. The molecule has 7 heteroatoms. The van der Waals surface area contributed by atoms with Crippen LogP contribution in [0.15, 0.2) is 28.7 Å². The molecule has 2 aromatic rings. The van der Waals surface area contributed by atoms with Gasteiger partial charge in [-0.1, -0.05) is 18.2 Å². The molecule has 2 aliphatic rings. The van der Waals surface area contributed by atoms with E-state index in [0.717, 1.165) is 24.4 Å². The van der Waals surface area contributed by atoms with E-state index in [1.54, 1.807) is 24.1 Å².